The van der Waals surface area contributed by atoms with E-state index in [2.05, 4.69) is 0 Å². The summed E-state index contributed by atoms with van der Waals surface area (Å²) in [5.74, 6) is 1.19. The Balaban J connectivity index is 1.35. The molecule has 2 aromatic rings. The van der Waals surface area contributed by atoms with E-state index in [-0.39, 0.29) is 12.2 Å². The third-order valence-corrected chi connectivity index (χ3v) is 7.12. The van der Waals surface area contributed by atoms with Crippen molar-refractivity contribution in [3.05, 3.63) is 63.6 Å². The molecular formula is C22H23Cl2NO3S. The molecule has 2 aliphatic rings. The van der Waals surface area contributed by atoms with E-state index in [1.165, 1.54) is 0 Å². The van der Waals surface area contributed by atoms with Gasteiger partial charge >= 0.3 is 0 Å². The van der Waals surface area contributed by atoms with Gasteiger partial charge in [0.25, 0.3) is 5.91 Å². The molecule has 0 N–H and O–H groups in total. The molecule has 2 aromatic carbocycles. The second-order valence-electron chi connectivity index (χ2n) is 7.30. The first kappa shape index (κ1) is 21.0. The van der Waals surface area contributed by atoms with Crippen molar-refractivity contribution in [1.29, 1.82) is 0 Å². The Hall–Kier alpha value is -1.24. The number of piperidine rings is 1. The van der Waals surface area contributed by atoms with Gasteiger partial charge in [-0.15, -0.1) is 11.8 Å². The number of benzene rings is 2. The molecule has 0 radical (unpaired) electrons. The number of ether oxygens (including phenoxy) is 2. The lowest BCUT2D eigenvalue weighted by Gasteiger charge is -2.34. The topological polar surface area (TPSA) is 38.8 Å². The standard InChI is InChI=1S/C22H23Cl2NO3S/c23-18-4-5-19(24)20(13-18)29-14-15-2-1-3-17(12-15)21(26)25-8-6-16(7-9-25)22-27-10-11-28-22/h1-5,12-13,16,22H,6-11,14H2. The van der Waals surface area contributed by atoms with Gasteiger partial charge in [-0.05, 0) is 48.7 Å². The van der Waals surface area contributed by atoms with Crippen molar-refractivity contribution in [2.45, 2.75) is 29.8 Å². The number of thioether (sulfide) groups is 1. The summed E-state index contributed by atoms with van der Waals surface area (Å²) in [5, 5.41) is 1.35. The molecule has 2 fully saturated rings. The largest absolute Gasteiger partial charge is 0.350 e. The molecule has 0 bridgehead atoms. The lowest BCUT2D eigenvalue weighted by molar-refractivity contribution is -0.0956. The highest BCUT2D eigenvalue weighted by Gasteiger charge is 2.32. The Labute approximate surface area is 185 Å². The number of halogens is 2. The van der Waals surface area contributed by atoms with E-state index in [0.717, 1.165) is 47.7 Å². The van der Waals surface area contributed by atoms with Crippen LogP contribution in [0.2, 0.25) is 10.0 Å². The number of carbonyl (C=O) groups excluding carboxylic acids is 1. The first-order valence-corrected chi connectivity index (χ1v) is 11.5. The third kappa shape index (κ3) is 5.28. The van der Waals surface area contributed by atoms with E-state index in [1.807, 2.05) is 35.2 Å². The minimum Gasteiger partial charge on any atom is -0.350 e. The zero-order valence-corrected chi connectivity index (χ0v) is 18.3. The molecule has 1 amide bonds. The van der Waals surface area contributed by atoms with Crippen LogP contribution in [0.15, 0.2) is 47.4 Å². The normalized spacial score (nSPS) is 18.3. The van der Waals surface area contributed by atoms with Crippen molar-refractivity contribution in [1.82, 2.24) is 4.90 Å². The average molecular weight is 452 g/mol. The van der Waals surface area contributed by atoms with E-state index in [9.17, 15) is 4.79 Å². The fourth-order valence-corrected chi connectivity index (χ4v) is 5.19. The van der Waals surface area contributed by atoms with Crippen molar-refractivity contribution >= 4 is 40.9 Å². The second kappa shape index (κ2) is 9.71. The van der Waals surface area contributed by atoms with E-state index in [0.29, 0.717) is 29.2 Å². The zero-order valence-electron chi connectivity index (χ0n) is 16.0. The van der Waals surface area contributed by atoms with Gasteiger partial charge in [0.1, 0.15) is 0 Å². The Morgan fingerprint density at radius 1 is 1.07 bits per heavy atom. The summed E-state index contributed by atoms with van der Waals surface area (Å²) in [4.78, 5) is 15.8. The van der Waals surface area contributed by atoms with Crippen LogP contribution in [0.25, 0.3) is 0 Å². The predicted molar refractivity (Wildman–Crippen MR) is 117 cm³/mol. The lowest BCUT2D eigenvalue weighted by atomic mass is 9.95. The molecule has 0 spiro atoms. The van der Waals surface area contributed by atoms with Crippen molar-refractivity contribution in [2.75, 3.05) is 26.3 Å². The summed E-state index contributed by atoms with van der Waals surface area (Å²) in [6, 6.07) is 13.3. The molecule has 0 saturated carbocycles. The Morgan fingerprint density at radius 2 is 1.83 bits per heavy atom. The molecule has 4 rings (SSSR count). The highest BCUT2D eigenvalue weighted by atomic mass is 35.5. The quantitative estimate of drug-likeness (QED) is 0.561. The molecule has 7 heteroatoms. The minimum absolute atomic E-state index is 0.0874. The molecule has 154 valence electrons. The number of nitrogens with zero attached hydrogens (tertiary/aromatic N) is 1. The number of rotatable bonds is 5. The molecule has 0 aromatic heterocycles. The molecule has 2 aliphatic heterocycles. The predicted octanol–water partition coefficient (Wildman–Crippen LogP) is 5.51. The Kier molecular flexibility index (Phi) is 7.04. The summed E-state index contributed by atoms with van der Waals surface area (Å²) in [5.41, 5.74) is 1.81. The number of likely N-dealkylation sites (tertiary alicyclic amines) is 1. The van der Waals surface area contributed by atoms with Crippen LogP contribution in [0.1, 0.15) is 28.8 Å². The van der Waals surface area contributed by atoms with Crippen LogP contribution >= 0.6 is 35.0 Å². The third-order valence-electron chi connectivity index (χ3n) is 5.32. The van der Waals surface area contributed by atoms with Crippen molar-refractivity contribution in [2.24, 2.45) is 5.92 Å². The van der Waals surface area contributed by atoms with Gasteiger partial charge in [-0.3, -0.25) is 4.79 Å². The number of amides is 1. The van der Waals surface area contributed by atoms with Crippen molar-refractivity contribution < 1.29 is 14.3 Å². The molecule has 29 heavy (non-hydrogen) atoms. The van der Waals surface area contributed by atoms with Gasteiger partial charge < -0.3 is 14.4 Å². The lowest BCUT2D eigenvalue weighted by Crippen LogP contribution is -2.41. The van der Waals surface area contributed by atoms with E-state index in [4.69, 9.17) is 32.7 Å². The van der Waals surface area contributed by atoms with Crippen molar-refractivity contribution in [3.8, 4) is 0 Å². The first-order valence-electron chi connectivity index (χ1n) is 9.79. The Morgan fingerprint density at radius 3 is 2.59 bits per heavy atom. The van der Waals surface area contributed by atoms with E-state index in [1.54, 1.807) is 23.9 Å². The molecule has 2 saturated heterocycles. The highest BCUT2D eigenvalue weighted by molar-refractivity contribution is 7.98. The van der Waals surface area contributed by atoms with Crippen molar-refractivity contribution in [3.63, 3.8) is 0 Å². The van der Waals surface area contributed by atoms with Crippen LogP contribution in [-0.2, 0) is 15.2 Å². The van der Waals surface area contributed by atoms with E-state index < -0.39 is 0 Å². The number of hydrogen-bond acceptors (Lipinski definition) is 4. The summed E-state index contributed by atoms with van der Waals surface area (Å²) in [6.07, 6.45) is 1.74. The van der Waals surface area contributed by atoms with Gasteiger partial charge in [-0.2, -0.15) is 0 Å². The second-order valence-corrected chi connectivity index (χ2v) is 9.16. The fourth-order valence-electron chi connectivity index (χ4n) is 3.75. The summed E-state index contributed by atoms with van der Waals surface area (Å²) >= 11 is 13.9. The molecule has 0 aliphatic carbocycles. The fraction of sp³-hybridized carbons (Fsp3) is 0.409. The molecule has 2 heterocycles. The summed E-state index contributed by atoms with van der Waals surface area (Å²) in [6.45, 7) is 2.83. The Bertz CT molecular complexity index is 865. The van der Waals surface area contributed by atoms with E-state index >= 15 is 0 Å². The van der Waals surface area contributed by atoms with Gasteiger partial charge in [0.2, 0.25) is 0 Å². The van der Waals surface area contributed by atoms with Crippen LogP contribution in [0.3, 0.4) is 0 Å². The van der Waals surface area contributed by atoms with Gasteiger partial charge in [0.05, 0.1) is 18.2 Å². The van der Waals surface area contributed by atoms with Crippen LogP contribution in [0, 0.1) is 5.92 Å². The smallest absolute Gasteiger partial charge is 0.253 e. The van der Waals surface area contributed by atoms with Gasteiger partial charge in [0, 0.05) is 40.2 Å². The molecule has 0 unspecified atom stereocenters. The zero-order chi connectivity index (χ0) is 20.2. The maximum absolute atomic E-state index is 13.0. The van der Waals surface area contributed by atoms with Crippen LogP contribution in [-0.4, -0.2) is 43.4 Å². The molecular weight excluding hydrogens is 429 g/mol. The molecule has 0 atom stereocenters. The SMILES string of the molecule is O=C(c1cccc(CSc2cc(Cl)ccc2Cl)c1)N1CCC(C2OCCO2)CC1. The van der Waals surface area contributed by atoms with Crippen LogP contribution in [0.5, 0.6) is 0 Å². The number of hydrogen-bond donors (Lipinski definition) is 0. The summed E-state index contributed by atoms with van der Waals surface area (Å²) in [7, 11) is 0. The van der Waals surface area contributed by atoms with Crippen LogP contribution < -0.4 is 0 Å². The maximum Gasteiger partial charge on any atom is 0.253 e. The highest BCUT2D eigenvalue weighted by Crippen LogP contribution is 2.32. The van der Waals surface area contributed by atoms with Gasteiger partial charge in [-0.25, -0.2) is 0 Å². The van der Waals surface area contributed by atoms with Gasteiger partial charge in [-0.1, -0.05) is 35.3 Å². The summed E-state index contributed by atoms with van der Waals surface area (Å²) < 4.78 is 11.2. The molecule has 4 nitrogen and oxygen atoms in total. The minimum atomic E-state index is -0.0917. The average Bonchev–Trinajstić information content (AvgIpc) is 3.29. The first-order chi connectivity index (χ1) is 14.1. The number of carbonyl (C=O) groups is 1. The monoisotopic (exact) mass is 451 g/mol. The maximum atomic E-state index is 13.0. The van der Waals surface area contributed by atoms with Crippen LogP contribution in [0.4, 0.5) is 0 Å². The van der Waals surface area contributed by atoms with Gasteiger partial charge in [0.15, 0.2) is 6.29 Å².